The van der Waals surface area contributed by atoms with Gasteiger partial charge in [0.2, 0.25) is 10.0 Å². The first-order valence-electron chi connectivity index (χ1n) is 8.92. The van der Waals surface area contributed by atoms with E-state index in [-0.39, 0.29) is 17.2 Å². The van der Waals surface area contributed by atoms with E-state index in [1.807, 2.05) is 19.1 Å². The first-order valence-corrected chi connectivity index (χ1v) is 10.4. The monoisotopic (exact) mass is 420 g/mol. The molecule has 0 saturated carbocycles. The molecule has 0 aromatic heterocycles. The zero-order chi connectivity index (χ0) is 21.4. The van der Waals surface area contributed by atoms with Crippen LogP contribution in [-0.2, 0) is 30.8 Å². The van der Waals surface area contributed by atoms with E-state index in [1.54, 1.807) is 18.2 Å². The van der Waals surface area contributed by atoms with Crippen molar-refractivity contribution in [2.45, 2.75) is 18.2 Å². The molecular weight excluding hydrogens is 396 g/mol. The first kappa shape index (κ1) is 22.4. The van der Waals surface area contributed by atoms with Crippen LogP contribution in [0.15, 0.2) is 53.4 Å². The summed E-state index contributed by atoms with van der Waals surface area (Å²) in [5.74, 6) is -0.683. The second-order valence-electron chi connectivity index (χ2n) is 6.27. The van der Waals surface area contributed by atoms with Gasteiger partial charge in [-0.2, -0.15) is 0 Å². The lowest BCUT2D eigenvalue weighted by Gasteiger charge is -2.13. The van der Waals surface area contributed by atoms with E-state index >= 15 is 0 Å². The van der Waals surface area contributed by atoms with E-state index in [1.165, 1.54) is 32.3 Å². The maximum absolute atomic E-state index is 12.1. The maximum atomic E-state index is 12.1. The Labute approximate surface area is 170 Å². The molecule has 2 aromatic rings. The lowest BCUT2D eigenvalue weighted by atomic mass is 10.1. The van der Waals surface area contributed by atoms with Crippen molar-refractivity contribution in [1.82, 2.24) is 4.31 Å². The minimum Gasteiger partial charge on any atom is -0.482 e. The van der Waals surface area contributed by atoms with Crippen LogP contribution in [0.2, 0.25) is 0 Å². The van der Waals surface area contributed by atoms with Gasteiger partial charge in [-0.15, -0.1) is 0 Å². The van der Waals surface area contributed by atoms with Gasteiger partial charge in [0.15, 0.2) is 13.2 Å². The molecule has 0 radical (unpaired) electrons. The number of nitrogens with zero attached hydrogens (tertiary/aromatic N) is 1. The van der Waals surface area contributed by atoms with Crippen molar-refractivity contribution in [1.29, 1.82) is 0 Å². The van der Waals surface area contributed by atoms with Crippen molar-refractivity contribution in [2.24, 2.45) is 0 Å². The van der Waals surface area contributed by atoms with Gasteiger partial charge in [0.05, 0.1) is 4.90 Å². The van der Waals surface area contributed by atoms with Gasteiger partial charge in [-0.05, 0) is 36.2 Å². The Morgan fingerprint density at radius 3 is 2.45 bits per heavy atom. The van der Waals surface area contributed by atoms with E-state index < -0.39 is 28.5 Å². The summed E-state index contributed by atoms with van der Waals surface area (Å²) in [5, 5.41) is 2.50. The predicted octanol–water partition coefficient (Wildman–Crippen LogP) is 2.06. The van der Waals surface area contributed by atoms with Crippen LogP contribution in [0.1, 0.15) is 12.5 Å². The molecule has 0 aliphatic heterocycles. The molecule has 0 aliphatic carbocycles. The standard InChI is InChI=1S/C20H24N2O6S/c1-4-15-8-5-6-11-18(15)27-14-20(24)28-13-19(23)21-16-9-7-10-17(12-16)29(25,26)22(2)3/h5-12H,4,13-14H2,1-3H3,(H,21,23). The van der Waals surface area contributed by atoms with Crippen molar-refractivity contribution < 1.29 is 27.5 Å². The summed E-state index contributed by atoms with van der Waals surface area (Å²) in [7, 11) is -0.785. The Kier molecular flexibility index (Phi) is 7.74. The summed E-state index contributed by atoms with van der Waals surface area (Å²) < 4.78 is 35.7. The Morgan fingerprint density at radius 1 is 1.03 bits per heavy atom. The van der Waals surface area contributed by atoms with E-state index in [2.05, 4.69) is 5.32 Å². The van der Waals surface area contributed by atoms with Crippen molar-refractivity contribution in [2.75, 3.05) is 32.6 Å². The van der Waals surface area contributed by atoms with Crippen LogP contribution in [0.5, 0.6) is 5.75 Å². The molecule has 156 valence electrons. The first-order chi connectivity index (χ1) is 13.7. The van der Waals surface area contributed by atoms with Crippen molar-refractivity contribution >= 4 is 27.6 Å². The third-order valence-electron chi connectivity index (χ3n) is 3.96. The third kappa shape index (κ3) is 6.30. The highest BCUT2D eigenvalue weighted by Gasteiger charge is 2.18. The lowest BCUT2D eigenvalue weighted by Crippen LogP contribution is -2.24. The van der Waals surface area contributed by atoms with Gasteiger partial charge in [-0.1, -0.05) is 31.2 Å². The Hall–Kier alpha value is -2.91. The van der Waals surface area contributed by atoms with Gasteiger partial charge in [0.25, 0.3) is 5.91 Å². The zero-order valence-corrected chi connectivity index (χ0v) is 17.4. The molecule has 2 aromatic carbocycles. The summed E-state index contributed by atoms with van der Waals surface area (Å²) in [4.78, 5) is 23.9. The molecule has 1 amide bonds. The van der Waals surface area contributed by atoms with E-state index in [0.29, 0.717) is 5.75 Å². The number of rotatable bonds is 9. The number of aryl methyl sites for hydroxylation is 1. The number of hydrogen-bond acceptors (Lipinski definition) is 6. The SMILES string of the molecule is CCc1ccccc1OCC(=O)OCC(=O)Nc1cccc(S(=O)(=O)N(C)C)c1. The Balaban J connectivity index is 1.86. The molecule has 0 spiro atoms. The van der Waals surface area contributed by atoms with Crippen LogP contribution in [-0.4, -0.2) is 51.9 Å². The fraction of sp³-hybridized carbons (Fsp3) is 0.300. The Morgan fingerprint density at radius 2 is 1.76 bits per heavy atom. The molecule has 1 N–H and O–H groups in total. The Bertz CT molecular complexity index is 972. The van der Waals surface area contributed by atoms with Gasteiger partial charge in [-0.3, -0.25) is 4.79 Å². The van der Waals surface area contributed by atoms with Crippen molar-refractivity contribution in [3.63, 3.8) is 0 Å². The lowest BCUT2D eigenvalue weighted by molar-refractivity contribution is -0.149. The number of hydrogen-bond donors (Lipinski definition) is 1. The number of anilines is 1. The van der Waals surface area contributed by atoms with Gasteiger partial charge >= 0.3 is 5.97 Å². The molecule has 8 nitrogen and oxygen atoms in total. The van der Waals surface area contributed by atoms with Crippen molar-refractivity contribution in [3.05, 3.63) is 54.1 Å². The fourth-order valence-electron chi connectivity index (χ4n) is 2.40. The second-order valence-corrected chi connectivity index (χ2v) is 8.43. The highest BCUT2D eigenvalue weighted by molar-refractivity contribution is 7.89. The van der Waals surface area contributed by atoms with E-state index in [9.17, 15) is 18.0 Å². The van der Waals surface area contributed by atoms with Crippen LogP contribution < -0.4 is 10.1 Å². The van der Waals surface area contributed by atoms with Crippen LogP contribution in [0.25, 0.3) is 0 Å². The summed E-state index contributed by atoms with van der Waals surface area (Å²) in [5.41, 5.74) is 1.24. The highest BCUT2D eigenvalue weighted by Crippen LogP contribution is 2.19. The molecule has 0 saturated heterocycles. The minimum atomic E-state index is -3.62. The molecule has 0 unspecified atom stereocenters. The normalized spacial score (nSPS) is 11.2. The number of amides is 1. The number of nitrogens with one attached hydrogen (secondary N) is 1. The number of benzene rings is 2. The average molecular weight is 420 g/mol. The third-order valence-corrected chi connectivity index (χ3v) is 5.77. The van der Waals surface area contributed by atoms with Gasteiger partial charge in [0.1, 0.15) is 5.75 Å². The summed E-state index contributed by atoms with van der Waals surface area (Å²) in [6, 6.07) is 13.2. The molecule has 0 aliphatic rings. The fourth-order valence-corrected chi connectivity index (χ4v) is 3.35. The average Bonchev–Trinajstić information content (AvgIpc) is 2.71. The molecule has 9 heteroatoms. The smallest absolute Gasteiger partial charge is 0.344 e. The number of para-hydroxylation sites is 1. The number of esters is 1. The molecular formula is C20H24N2O6S. The predicted molar refractivity (Wildman–Crippen MR) is 108 cm³/mol. The minimum absolute atomic E-state index is 0.0419. The molecule has 0 heterocycles. The topological polar surface area (TPSA) is 102 Å². The summed E-state index contributed by atoms with van der Waals surface area (Å²) >= 11 is 0. The molecule has 0 atom stereocenters. The number of sulfonamides is 1. The van der Waals surface area contributed by atoms with E-state index in [0.717, 1.165) is 16.3 Å². The molecule has 2 rings (SSSR count). The number of carbonyl (C=O) groups is 2. The van der Waals surface area contributed by atoms with Crippen LogP contribution in [0.4, 0.5) is 5.69 Å². The largest absolute Gasteiger partial charge is 0.482 e. The number of ether oxygens (including phenoxy) is 2. The quantitative estimate of drug-likeness (QED) is 0.623. The van der Waals surface area contributed by atoms with E-state index in [4.69, 9.17) is 9.47 Å². The summed E-state index contributed by atoms with van der Waals surface area (Å²) in [6.45, 7) is 1.15. The van der Waals surface area contributed by atoms with Crippen LogP contribution >= 0.6 is 0 Å². The molecule has 0 fully saturated rings. The second kappa shape index (κ2) is 10.0. The molecule has 0 bridgehead atoms. The zero-order valence-electron chi connectivity index (χ0n) is 16.5. The molecule has 29 heavy (non-hydrogen) atoms. The highest BCUT2D eigenvalue weighted by atomic mass is 32.2. The summed E-state index contributed by atoms with van der Waals surface area (Å²) in [6.07, 6.45) is 0.760. The van der Waals surface area contributed by atoms with Crippen LogP contribution in [0, 0.1) is 0 Å². The van der Waals surface area contributed by atoms with Gasteiger partial charge in [0, 0.05) is 19.8 Å². The number of carbonyl (C=O) groups excluding carboxylic acids is 2. The van der Waals surface area contributed by atoms with Crippen molar-refractivity contribution in [3.8, 4) is 5.75 Å². The van der Waals surface area contributed by atoms with Gasteiger partial charge < -0.3 is 14.8 Å². The van der Waals surface area contributed by atoms with Crippen LogP contribution in [0.3, 0.4) is 0 Å². The maximum Gasteiger partial charge on any atom is 0.344 e. The van der Waals surface area contributed by atoms with Gasteiger partial charge in [-0.25, -0.2) is 17.5 Å².